The average Bonchev–Trinajstić information content (AvgIpc) is 2.37. The van der Waals surface area contributed by atoms with Gasteiger partial charge in [0.15, 0.2) is 0 Å². The number of nitrogens with zero attached hydrogens (tertiary/aromatic N) is 2. The molecule has 98 valence electrons. The Kier molecular flexibility index (Phi) is 4.09. The quantitative estimate of drug-likeness (QED) is 0.628. The first-order valence-corrected chi connectivity index (χ1v) is 6.23. The molecule has 0 aliphatic carbocycles. The molecule has 1 atom stereocenters. The summed E-state index contributed by atoms with van der Waals surface area (Å²) in [6.45, 7) is 4.49. The molecule has 2 rings (SSSR count). The second kappa shape index (κ2) is 5.77. The lowest BCUT2D eigenvalue weighted by atomic mass is 10.00. The maximum absolute atomic E-state index is 11.0. The molecular weight excluding hydrogens is 232 g/mol. The zero-order valence-electron chi connectivity index (χ0n) is 10.5. The monoisotopic (exact) mass is 250 g/mol. The molecule has 6 heteroatoms. The Morgan fingerprint density at radius 2 is 2.50 bits per heavy atom. The van der Waals surface area contributed by atoms with Crippen LogP contribution in [0.4, 0.5) is 11.5 Å². The van der Waals surface area contributed by atoms with Gasteiger partial charge in [-0.2, -0.15) is 0 Å². The van der Waals surface area contributed by atoms with E-state index in [2.05, 4.69) is 15.6 Å². The fourth-order valence-corrected chi connectivity index (χ4v) is 2.25. The molecular formula is C12H18N4O2. The van der Waals surface area contributed by atoms with E-state index in [4.69, 9.17) is 0 Å². The number of aryl methyl sites for hydroxylation is 1. The molecule has 0 aromatic carbocycles. The number of nitrogens with one attached hydrogen (secondary N) is 2. The van der Waals surface area contributed by atoms with Gasteiger partial charge in [0.2, 0.25) is 5.82 Å². The van der Waals surface area contributed by atoms with Gasteiger partial charge in [0.05, 0.1) is 4.92 Å². The normalized spacial score (nSPS) is 19.5. The average molecular weight is 250 g/mol. The molecule has 1 aromatic rings. The van der Waals surface area contributed by atoms with E-state index in [0.717, 1.165) is 32.5 Å². The number of pyridine rings is 1. The molecule has 1 unspecified atom stereocenters. The second-order valence-electron chi connectivity index (χ2n) is 4.68. The third-order valence-electron chi connectivity index (χ3n) is 3.27. The summed E-state index contributed by atoms with van der Waals surface area (Å²) in [5, 5.41) is 17.4. The van der Waals surface area contributed by atoms with Gasteiger partial charge in [0.1, 0.15) is 0 Å². The topological polar surface area (TPSA) is 80.1 Å². The standard InChI is InChI=1S/C12H18N4O2/c1-9-4-6-14-12(11(9)16(17)18)15-8-10-3-2-5-13-7-10/h4,6,10,13H,2-3,5,7-8H2,1H3,(H,14,15). The highest BCUT2D eigenvalue weighted by Gasteiger charge is 2.20. The minimum atomic E-state index is -0.371. The SMILES string of the molecule is Cc1ccnc(NCC2CCCNC2)c1[N+](=O)[O-]. The van der Waals surface area contributed by atoms with Crippen LogP contribution in [0.25, 0.3) is 0 Å². The molecule has 0 radical (unpaired) electrons. The maximum Gasteiger partial charge on any atom is 0.314 e. The lowest BCUT2D eigenvalue weighted by molar-refractivity contribution is -0.384. The van der Waals surface area contributed by atoms with E-state index in [-0.39, 0.29) is 10.6 Å². The fourth-order valence-electron chi connectivity index (χ4n) is 2.25. The van der Waals surface area contributed by atoms with Crippen LogP contribution in [0.1, 0.15) is 18.4 Å². The molecule has 0 amide bonds. The number of aromatic nitrogens is 1. The van der Waals surface area contributed by atoms with Crippen molar-refractivity contribution in [3.8, 4) is 0 Å². The highest BCUT2D eigenvalue weighted by atomic mass is 16.6. The van der Waals surface area contributed by atoms with E-state index in [1.54, 1.807) is 19.2 Å². The van der Waals surface area contributed by atoms with Gasteiger partial charge in [0, 0.05) is 18.3 Å². The summed E-state index contributed by atoms with van der Waals surface area (Å²) in [5.74, 6) is 0.895. The van der Waals surface area contributed by atoms with Crippen molar-refractivity contribution in [2.45, 2.75) is 19.8 Å². The minimum absolute atomic E-state index is 0.0845. The molecule has 1 fully saturated rings. The number of hydrogen-bond donors (Lipinski definition) is 2. The third-order valence-corrected chi connectivity index (χ3v) is 3.27. The van der Waals surface area contributed by atoms with E-state index in [1.807, 2.05) is 0 Å². The van der Waals surface area contributed by atoms with Gasteiger partial charge >= 0.3 is 5.69 Å². The van der Waals surface area contributed by atoms with Crippen LogP contribution in [-0.2, 0) is 0 Å². The molecule has 6 nitrogen and oxygen atoms in total. The molecule has 1 aromatic heterocycles. The molecule has 2 heterocycles. The number of rotatable bonds is 4. The lowest BCUT2D eigenvalue weighted by Gasteiger charge is -2.23. The molecule has 1 aliphatic heterocycles. The Bertz CT molecular complexity index is 430. The van der Waals surface area contributed by atoms with Gasteiger partial charge in [-0.25, -0.2) is 4.98 Å². The first-order chi connectivity index (χ1) is 8.68. The Hall–Kier alpha value is -1.69. The van der Waals surface area contributed by atoms with Gasteiger partial charge in [0.25, 0.3) is 0 Å². The van der Waals surface area contributed by atoms with Crippen molar-refractivity contribution in [2.24, 2.45) is 5.92 Å². The largest absolute Gasteiger partial charge is 0.364 e. The molecule has 2 N–H and O–H groups in total. The first-order valence-electron chi connectivity index (χ1n) is 6.23. The van der Waals surface area contributed by atoms with E-state index in [9.17, 15) is 10.1 Å². The van der Waals surface area contributed by atoms with Crippen LogP contribution in [0.15, 0.2) is 12.3 Å². The summed E-state index contributed by atoms with van der Waals surface area (Å²) in [6, 6.07) is 1.66. The summed E-state index contributed by atoms with van der Waals surface area (Å²) in [6.07, 6.45) is 3.92. The highest BCUT2D eigenvalue weighted by Crippen LogP contribution is 2.25. The lowest BCUT2D eigenvalue weighted by Crippen LogP contribution is -2.33. The number of nitro groups is 1. The van der Waals surface area contributed by atoms with Crippen molar-refractivity contribution in [3.63, 3.8) is 0 Å². The molecule has 1 aliphatic rings. The van der Waals surface area contributed by atoms with Crippen molar-refractivity contribution < 1.29 is 4.92 Å². The maximum atomic E-state index is 11.0. The van der Waals surface area contributed by atoms with E-state index in [1.165, 1.54) is 0 Å². The summed E-state index contributed by atoms with van der Waals surface area (Å²) >= 11 is 0. The fraction of sp³-hybridized carbons (Fsp3) is 0.583. The van der Waals surface area contributed by atoms with Crippen LogP contribution in [0, 0.1) is 23.0 Å². The van der Waals surface area contributed by atoms with Crippen molar-refractivity contribution in [1.82, 2.24) is 10.3 Å². The predicted octanol–water partition coefficient (Wildman–Crippen LogP) is 1.71. The number of piperidine rings is 1. The van der Waals surface area contributed by atoms with Gasteiger partial charge < -0.3 is 10.6 Å². The van der Waals surface area contributed by atoms with Crippen molar-refractivity contribution in [1.29, 1.82) is 0 Å². The van der Waals surface area contributed by atoms with Crippen molar-refractivity contribution >= 4 is 11.5 Å². The zero-order chi connectivity index (χ0) is 13.0. The summed E-state index contributed by atoms with van der Waals surface area (Å²) in [7, 11) is 0. The number of hydrogen-bond acceptors (Lipinski definition) is 5. The molecule has 1 saturated heterocycles. The van der Waals surface area contributed by atoms with E-state index < -0.39 is 0 Å². The number of anilines is 1. The van der Waals surface area contributed by atoms with Gasteiger partial charge in [-0.05, 0) is 44.8 Å². The smallest absolute Gasteiger partial charge is 0.314 e. The van der Waals surface area contributed by atoms with E-state index >= 15 is 0 Å². The predicted molar refractivity (Wildman–Crippen MR) is 69.7 cm³/mol. The van der Waals surface area contributed by atoms with Gasteiger partial charge in [-0.3, -0.25) is 10.1 Å². The summed E-state index contributed by atoms with van der Waals surface area (Å²) < 4.78 is 0. The van der Waals surface area contributed by atoms with Crippen LogP contribution < -0.4 is 10.6 Å². The van der Waals surface area contributed by atoms with Gasteiger partial charge in [-0.1, -0.05) is 0 Å². The molecule has 0 saturated carbocycles. The second-order valence-corrected chi connectivity index (χ2v) is 4.68. The van der Waals surface area contributed by atoms with E-state index in [0.29, 0.717) is 17.3 Å². The molecule has 18 heavy (non-hydrogen) atoms. The Balaban J connectivity index is 2.04. The van der Waals surface area contributed by atoms with Gasteiger partial charge in [-0.15, -0.1) is 0 Å². The Morgan fingerprint density at radius 3 is 3.17 bits per heavy atom. The van der Waals surface area contributed by atoms with Crippen LogP contribution >= 0.6 is 0 Å². The van der Waals surface area contributed by atoms with Crippen LogP contribution in [-0.4, -0.2) is 29.5 Å². The molecule has 0 spiro atoms. The highest BCUT2D eigenvalue weighted by molar-refractivity contribution is 5.59. The summed E-state index contributed by atoms with van der Waals surface area (Å²) in [4.78, 5) is 14.7. The summed E-state index contributed by atoms with van der Waals surface area (Å²) in [5.41, 5.74) is 0.723. The Labute approximate surface area is 106 Å². The third kappa shape index (κ3) is 2.95. The minimum Gasteiger partial charge on any atom is -0.364 e. The van der Waals surface area contributed by atoms with Crippen molar-refractivity contribution in [2.75, 3.05) is 25.0 Å². The van der Waals surface area contributed by atoms with Crippen LogP contribution in [0.5, 0.6) is 0 Å². The van der Waals surface area contributed by atoms with Crippen molar-refractivity contribution in [3.05, 3.63) is 27.9 Å². The molecule has 0 bridgehead atoms. The Morgan fingerprint density at radius 1 is 1.67 bits per heavy atom. The first kappa shape index (κ1) is 12.8. The van der Waals surface area contributed by atoms with Crippen LogP contribution in [0.3, 0.4) is 0 Å². The zero-order valence-corrected chi connectivity index (χ0v) is 10.5. The van der Waals surface area contributed by atoms with Crippen LogP contribution in [0.2, 0.25) is 0 Å².